The van der Waals surface area contributed by atoms with Crippen LogP contribution in [0, 0.1) is 13.8 Å². The van der Waals surface area contributed by atoms with Crippen LogP contribution in [0.2, 0.25) is 0 Å². The third-order valence-corrected chi connectivity index (χ3v) is 4.69. The first-order chi connectivity index (χ1) is 12.7. The third-order valence-electron chi connectivity index (χ3n) is 3.60. The van der Waals surface area contributed by atoms with Gasteiger partial charge in [0, 0.05) is 11.9 Å². The van der Waals surface area contributed by atoms with Gasteiger partial charge < -0.3 is 5.32 Å². The Morgan fingerprint density at radius 1 is 1.23 bits per heavy atom. The minimum absolute atomic E-state index is 0.401. The highest BCUT2D eigenvalue weighted by atomic mass is 32.1. The van der Waals surface area contributed by atoms with Crippen molar-refractivity contribution in [3.8, 4) is 10.6 Å². The molecule has 0 atom stereocenters. The number of hydrogen-bond acceptors (Lipinski definition) is 7. The van der Waals surface area contributed by atoms with Gasteiger partial charge in [-0.3, -0.25) is 9.63 Å². The van der Waals surface area contributed by atoms with Crippen LogP contribution in [-0.2, 0) is 16.1 Å². The minimum atomic E-state index is 0.401. The second-order valence-corrected chi connectivity index (χ2v) is 6.78. The molecule has 3 rings (SSSR count). The number of carbonyl (C=O) groups is 1. The van der Waals surface area contributed by atoms with Gasteiger partial charge in [0.25, 0.3) is 0 Å². The highest BCUT2D eigenvalue weighted by Crippen LogP contribution is 2.28. The summed E-state index contributed by atoms with van der Waals surface area (Å²) in [5.41, 5.74) is 5.98. The molecule has 2 heterocycles. The molecule has 8 heteroatoms. The summed E-state index contributed by atoms with van der Waals surface area (Å²) < 4.78 is 0. The number of rotatable bonds is 8. The largest absolute Gasteiger partial charge is 0.324 e. The van der Waals surface area contributed by atoms with Gasteiger partial charge in [0.05, 0.1) is 27.9 Å². The molecule has 134 valence electrons. The summed E-state index contributed by atoms with van der Waals surface area (Å²) in [6.07, 6.45) is 2.92. The van der Waals surface area contributed by atoms with E-state index in [1.165, 1.54) is 0 Å². The molecule has 0 radical (unpaired) electrons. The van der Waals surface area contributed by atoms with Gasteiger partial charge in [-0.15, -0.1) is 11.3 Å². The molecule has 0 saturated carbocycles. The molecule has 0 saturated heterocycles. The molecule has 0 unspecified atom stereocenters. The van der Waals surface area contributed by atoms with Crippen molar-refractivity contribution in [3.63, 3.8) is 0 Å². The number of aryl methyl sites for hydroxylation is 2. The molecule has 0 bridgehead atoms. The van der Waals surface area contributed by atoms with Crippen LogP contribution < -0.4 is 10.8 Å². The molecule has 0 aliphatic carbocycles. The Labute approximate surface area is 155 Å². The Morgan fingerprint density at radius 3 is 2.88 bits per heavy atom. The van der Waals surface area contributed by atoms with E-state index < -0.39 is 0 Å². The Kier molecular flexibility index (Phi) is 5.88. The molecule has 0 fully saturated rings. The van der Waals surface area contributed by atoms with Gasteiger partial charge in [0.1, 0.15) is 0 Å². The predicted octanol–water partition coefficient (Wildman–Crippen LogP) is 3.18. The van der Waals surface area contributed by atoms with Crippen molar-refractivity contribution in [2.75, 3.05) is 11.9 Å². The number of hydrogen-bond donors (Lipinski definition) is 2. The summed E-state index contributed by atoms with van der Waals surface area (Å²) in [6.45, 7) is 4.37. The number of nitrogens with one attached hydrogen (secondary N) is 2. The first-order valence-electron chi connectivity index (χ1n) is 8.10. The fourth-order valence-corrected chi connectivity index (χ4v) is 3.40. The van der Waals surface area contributed by atoms with E-state index in [0.29, 0.717) is 25.4 Å². The fourth-order valence-electron chi connectivity index (χ4n) is 2.51. The van der Waals surface area contributed by atoms with Crippen LogP contribution in [0.4, 0.5) is 11.6 Å². The molecule has 26 heavy (non-hydrogen) atoms. The van der Waals surface area contributed by atoms with Gasteiger partial charge >= 0.3 is 0 Å². The summed E-state index contributed by atoms with van der Waals surface area (Å²) in [5, 5.41) is 4.25. The number of nitrogens with zero attached hydrogens (tertiary/aromatic N) is 3. The van der Waals surface area contributed by atoms with Gasteiger partial charge in [0.15, 0.2) is 0 Å². The normalized spacial score (nSPS) is 10.5. The Balaban J connectivity index is 1.72. The van der Waals surface area contributed by atoms with Crippen molar-refractivity contribution in [1.82, 2.24) is 20.4 Å². The first-order valence-corrected chi connectivity index (χ1v) is 8.92. The molecular formula is C18H19N5O2S. The maximum atomic E-state index is 10.2. The van der Waals surface area contributed by atoms with Crippen LogP contribution in [0.5, 0.6) is 0 Å². The first kappa shape index (κ1) is 18.0. The van der Waals surface area contributed by atoms with Gasteiger partial charge in [0.2, 0.25) is 12.4 Å². The van der Waals surface area contributed by atoms with E-state index in [2.05, 4.69) is 25.7 Å². The maximum Gasteiger partial charge on any atom is 0.230 e. The molecular weight excluding hydrogens is 350 g/mol. The van der Waals surface area contributed by atoms with Crippen LogP contribution in [0.25, 0.3) is 10.6 Å². The number of benzene rings is 1. The van der Waals surface area contributed by atoms with Crippen LogP contribution in [-0.4, -0.2) is 28.0 Å². The lowest BCUT2D eigenvalue weighted by molar-refractivity contribution is -0.120. The SMILES string of the molecule is Cc1nc(C)c(-c2ccnc(Nc3cccc(CCONC=O)c3)n2)s1. The van der Waals surface area contributed by atoms with Gasteiger partial charge in [-0.1, -0.05) is 12.1 Å². The van der Waals surface area contributed by atoms with E-state index in [4.69, 9.17) is 4.84 Å². The molecule has 0 spiro atoms. The van der Waals surface area contributed by atoms with Gasteiger partial charge in [-0.05, 0) is 44.0 Å². The quantitative estimate of drug-likeness (QED) is 0.360. The van der Waals surface area contributed by atoms with Crippen molar-refractivity contribution in [3.05, 3.63) is 52.8 Å². The van der Waals surface area contributed by atoms with E-state index in [0.717, 1.165) is 32.5 Å². The summed E-state index contributed by atoms with van der Waals surface area (Å²) in [4.78, 5) is 29.5. The van der Waals surface area contributed by atoms with Crippen molar-refractivity contribution >= 4 is 29.4 Å². The zero-order chi connectivity index (χ0) is 18.4. The van der Waals surface area contributed by atoms with E-state index in [1.54, 1.807) is 17.5 Å². The maximum absolute atomic E-state index is 10.2. The molecule has 7 nitrogen and oxygen atoms in total. The van der Waals surface area contributed by atoms with Crippen LogP contribution in [0.3, 0.4) is 0 Å². The Hall–Kier alpha value is -2.84. The number of anilines is 2. The van der Waals surface area contributed by atoms with Crippen molar-refractivity contribution in [1.29, 1.82) is 0 Å². The molecule has 1 amide bonds. The third kappa shape index (κ3) is 4.62. The summed E-state index contributed by atoms with van der Waals surface area (Å²) in [5.74, 6) is 0.531. The summed E-state index contributed by atoms with van der Waals surface area (Å²) in [6, 6.07) is 9.79. The molecule has 3 aromatic rings. The number of carbonyl (C=O) groups excluding carboxylic acids is 1. The number of aromatic nitrogens is 3. The van der Waals surface area contributed by atoms with E-state index in [9.17, 15) is 4.79 Å². The second kappa shape index (κ2) is 8.50. The lowest BCUT2D eigenvalue weighted by atomic mass is 10.1. The van der Waals surface area contributed by atoms with Gasteiger partial charge in [-0.25, -0.2) is 20.4 Å². The van der Waals surface area contributed by atoms with Crippen LogP contribution in [0.15, 0.2) is 36.5 Å². The highest BCUT2D eigenvalue weighted by Gasteiger charge is 2.10. The predicted molar refractivity (Wildman–Crippen MR) is 101 cm³/mol. The second-order valence-electron chi connectivity index (χ2n) is 5.57. The topological polar surface area (TPSA) is 89.0 Å². The lowest BCUT2D eigenvalue weighted by Gasteiger charge is -2.08. The van der Waals surface area contributed by atoms with E-state index in [-0.39, 0.29) is 0 Å². The van der Waals surface area contributed by atoms with Crippen molar-refractivity contribution < 1.29 is 9.63 Å². The van der Waals surface area contributed by atoms with E-state index >= 15 is 0 Å². The smallest absolute Gasteiger partial charge is 0.230 e. The minimum Gasteiger partial charge on any atom is -0.324 e. The Morgan fingerprint density at radius 2 is 2.12 bits per heavy atom. The summed E-state index contributed by atoms with van der Waals surface area (Å²) >= 11 is 1.62. The highest BCUT2D eigenvalue weighted by molar-refractivity contribution is 7.15. The zero-order valence-corrected chi connectivity index (χ0v) is 15.3. The monoisotopic (exact) mass is 369 g/mol. The van der Waals surface area contributed by atoms with Crippen molar-refractivity contribution in [2.24, 2.45) is 0 Å². The fraction of sp³-hybridized carbons (Fsp3) is 0.222. The molecule has 0 aliphatic heterocycles. The van der Waals surface area contributed by atoms with Crippen molar-refractivity contribution in [2.45, 2.75) is 20.3 Å². The molecule has 2 N–H and O–H groups in total. The lowest BCUT2D eigenvalue weighted by Crippen LogP contribution is -2.13. The molecule has 0 aliphatic rings. The van der Waals surface area contributed by atoms with Gasteiger partial charge in [-0.2, -0.15) is 0 Å². The molecule has 2 aromatic heterocycles. The standard InChI is InChI=1S/C18H19N5O2S/c1-12-17(26-13(2)21-12)16-6-8-19-18(23-16)22-15-5-3-4-14(10-15)7-9-25-20-11-24/h3-6,8,10-11H,7,9H2,1-2H3,(H,20,24)(H,19,22,23). The number of amides is 1. The summed E-state index contributed by atoms with van der Waals surface area (Å²) in [7, 11) is 0. The van der Waals surface area contributed by atoms with E-state index in [1.807, 2.05) is 44.2 Å². The average molecular weight is 369 g/mol. The molecule has 1 aromatic carbocycles. The number of thiazole rings is 1. The average Bonchev–Trinajstić information content (AvgIpc) is 2.98. The zero-order valence-electron chi connectivity index (χ0n) is 14.5. The van der Waals surface area contributed by atoms with Crippen LogP contribution in [0.1, 0.15) is 16.3 Å². The van der Waals surface area contributed by atoms with Crippen LogP contribution >= 0.6 is 11.3 Å². The Bertz CT molecular complexity index is 897. The number of hydroxylamine groups is 1.